The molecule has 0 saturated heterocycles. The summed E-state index contributed by atoms with van der Waals surface area (Å²) in [6, 6.07) is 0. The van der Waals surface area contributed by atoms with Crippen LogP contribution in [-0.2, 0) is 14.3 Å². The molecule has 0 amide bonds. The summed E-state index contributed by atoms with van der Waals surface area (Å²) in [6.45, 7) is 4.30. The number of Topliss-reactive ketones (excluding diaryl/α,β-unsaturated/α-hetero) is 1. The summed E-state index contributed by atoms with van der Waals surface area (Å²) in [7, 11) is 1.40. The maximum atomic E-state index is 12.2. The number of methoxy groups -OCH3 is 1. The van der Waals surface area contributed by atoms with E-state index in [0.717, 1.165) is 51.4 Å². The van der Waals surface area contributed by atoms with Crippen molar-refractivity contribution in [2.24, 2.45) is 17.8 Å². The lowest BCUT2D eigenvalue weighted by atomic mass is 9.89. The Morgan fingerprint density at radius 2 is 2.07 bits per heavy atom. The molecule has 0 radical (unpaired) electrons. The van der Waals surface area contributed by atoms with E-state index >= 15 is 0 Å². The van der Waals surface area contributed by atoms with E-state index in [0.29, 0.717) is 24.5 Å². The summed E-state index contributed by atoms with van der Waals surface area (Å²) in [6.07, 6.45) is 16.4. The zero-order valence-electron chi connectivity index (χ0n) is 17.4. The third kappa shape index (κ3) is 8.87. The molecule has 1 aliphatic carbocycles. The number of allylic oxidation sites excluding steroid dienone is 3. The van der Waals surface area contributed by atoms with Gasteiger partial charge in [0.2, 0.25) is 0 Å². The fraction of sp³-hybridized carbons (Fsp3) is 0.739. The lowest BCUT2D eigenvalue weighted by molar-refractivity contribution is -0.140. The van der Waals surface area contributed by atoms with Crippen LogP contribution in [0.25, 0.3) is 0 Å². The Bertz CT molecular complexity index is 495. The van der Waals surface area contributed by atoms with E-state index < -0.39 is 6.10 Å². The zero-order valence-corrected chi connectivity index (χ0v) is 17.4. The number of esters is 1. The fourth-order valence-electron chi connectivity index (χ4n) is 3.79. The molecule has 0 heterocycles. The van der Waals surface area contributed by atoms with Crippen LogP contribution >= 0.6 is 0 Å². The lowest BCUT2D eigenvalue weighted by Crippen LogP contribution is -2.18. The Labute approximate surface area is 165 Å². The van der Waals surface area contributed by atoms with Gasteiger partial charge < -0.3 is 9.84 Å². The maximum Gasteiger partial charge on any atom is 0.305 e. The lowest BCUT2D eigenvalue weighted by Gasteiger charge is -2.19. The SMILES string of the molecule is CCCCC(CC)C(O)C=C[C@@H]1CCC(=O)[C@H]1C/C=C\CCCC(=O)OC. The minimum atomic E-state index is -0.410. The van der Waals surface area contributed by atoms with Crippen LogP contribution in [0.2, 0.25) is 0 Å². The predicted octanol–water partition coefficient (Wildman–Crippen LogP) is 5.00. The highest BCUT2D eigenvalue weighted by Gasteiger charge is 2.32. The molecule has 0 spiro atoms. The van der Waals surface area contributed by atoms with Crippen LogP contribution in [0.3, 0.4) is 0 Å². The van der Waals surface area contributed by atoms with Crippen molar-refractivity contribution < 1.29 is 19.4 Å². The average molecular weight is 379 g/mol. The molecule has 4 nitrogen and oxygen atoms in total. The van der Waals surface area contributed by atoms with Gasteiger partial charge in [0, 0.05) is 18.8 Å². The Hall–Kier alpha value is -1.42. The van der Waals surface area contributed by atoms with E-state index in [2.05, 4.69) is 36.8 Å². The molecule has 2 unspecified atom stereocenters. The molecule has 1 aliphatic rings. The van der Waals surface area contributed by atoms with Crippen molar-refractivity contribution in [1.29, 1.82) is 0 Å². The molecule has 0 aromatic rings. The normalized spacial score (nSPS) is 22.6. The predicted molar refractivity (Wildman–Crippen MR) is 109 cm³/mol. The molecule has 1 N–H and O–H groups in total. The molecule has 0 bridgehead atoms. The number of carbonyl (C=O) groups excluding carboxylic acids is 2. The van der Waals surface area contributed by atoms with Crippen molar-refractivity contribution in [2.45, 2.75) is 84.2 Å². The van der Waals surface area contributed by atoms with Gasteiger partial charge in [-0.15, -0.1) is 0 Å². The molecule has 4 atom stereocenters. The summed E-state index contributed by atoms with van der Waals surface area (Å²) >= 11 is 0. The molecule has 154 valence electrons. The van der Waals surface area contributed by atoms with Crippen molar-refractivity contribution in [3.8, 4) is 0 Å². The standard InChI is InChI=1S/C23H38O4/c1-4-6-11-18(5-2)21(24)16-14-19-15-17-22(25)20(19)12-9-7-8-10-13-23(26)27-3/h7,9,14,16,18-21,24H,4-6,8,10-13,15,17H2,1-3H3/b9-7-,16-14?/t18?,19-,20+,21?/m1/s1. The van der Waals surface area contributed by atoms with Gasteiger partial charge in [-0.1, -0.05) is 57.4 Å². The molecule has 1 saturated carbocycles. The molecular weight excluding hydrogens is 340 g/mol. The number of unbranched alkanes of at least 4 members (excludes halogenated alkanes) is 2. The second-order valence-electron chi connectivity index (χ2n) is 7.64. The van der Waals surface area contributed by atoms with E-state index in [9.17, 15) is 14.7 Å². The Morgan fingerprint density at radius 3 is 2.74 bits per heavy atom. The molecular formula is C23H38O4. The van der Waals surface area contributed by atoms with Gasteiger partial charge in [-0.3, -0.25) is 9.59 Å². The number of hydrogen-bond acceptors (Lipinski definition) is 4. The molecule has 0 aromatic heterocycles. The van der Waals surface area contributed by atoms with E-state index in [4.69, 9.17) is 0 Å². The van der Waals surface area contributed by atoms with Gasteiger partial charge in [-0.25, -0.2) is 0 Å². The number of carbonyl (C=O) groups is 2. The molecule has 1 rings (SSSR count). The zero-order chi connectivity index (χ0) is 20.1. The van der Waals surface area contributed by atoms with Crippen LogP contribution in [0, 0.1) is 17.8 Å². The molecule has 0 aromatic carbocycles. The Kier molecular flexibility index (Phi) is 12.0. The van der Waals surface area contributed by atoms with Crippen molar-refractivity contribution in [1.82, 2.24) is 0 Å². The van der Waals surface area contributed by atoms with Crippen LogP contribution in [0.1, 0.15) is 78.1 Å². The van der Waals surface area contributed by atoms with E-state index in [1.165, 1.54) is 7.11 Å². The van der Waals surface area contributed by atoms with Gasteiger partial charge in [-0.2, -0.15) is 0 Å². The second kappa shape index (κ2) is 13.7. The first-order chi connectivity index (χ1) is 13.0. The van der Waals surface area contributed by atoms with Gasteiger partial charge in [0.05, 0.1) is 13.2 Å². The van der Waals surface area contributed by atoms with Crippen LogP contribution in [-0.4, -0.2) is 30.1 Å². The Balaban J connectivity index is 2.47. The molecule has 27 heavy (non-hydrogen) atoms. The Morgan fingerprint density at radius 1 is 1.30 bits per heavy atom. The summed E-state index contributed by atoms with van der Waals surface area (Å²) in [5, 5.41) is 10.5. The minimum absolute atomic E-state index is 0.0287. The van der Waals surface area contributed by atoms with Crippen LogP contribution < -0.4 is 0 Å². The van der Waals surface area contributed by atoms with E-state index in [-0.39, 0.29) is 17.8 Å². The summed E-state index contributed by atoms with van der Waals surface area (Å²) in [4.78, 5) is 23.3. The maximum absolute atomic E-state index is 12.2. The highest BCUT2D eigenvalue weighted by molar-refractivity contribution is 5.83. The van der Waals surface area contributed by atoms with Gasteiger partial charge in [-0.05, 0) is 43.9 Å². The van der Waals surface area contributed by atoms with Crippen LogP contribution in [0.5, 0.6) is 0 Å². The molecule has 0 aliphatic heterocycles. The second-order valence-corrected chi connectivity index (χ2v) is 7.64. The fourth-order valence-corrected chi connectivity index (χ4v) is 3.79. The van der Waals surface area contributed by atoms with Gasteiger partial charge in [0.1, 0.15) is 5.78 Å². The molecule has 1 fully saturated rings. The van der Waals surface area contributed by atoms with Gasteiger partial charge in [0.15, 0.2) is 0 Å². The highest BCUT2D eigenvalue weighted by atomic mass is 16.5. The van der Waals surface area contributed by atoms with Gasteiger partial charge in [0.25, 0.3) is 0 Å². The van der Waals surface area contributed by atoms with Crippen molar-refractivity contribution >= 4 is 11.8 Å². The quantitative estimate of drug-likeness (QED) is 0.278. The first-order valence-corrected chi connectivity index (χ1v) is 10.6. The summed E-state index contributed by atoms with van der Waals surface area (Å²) in [5.41, 5.74) is 0. The van der Waals surface area contributed by atoms with Crippen LogP contribution in [0.15, 0.2) is 24.3 Å². The highest BCUT2D eigenvalue weighted by Crippen LogP contribution is 2.33. The summed E-state index contributed by atoms with van der Waals surface area (Å²) in [5.74, 6) is 0.724. The number of hydrogen-bond donors (Lipinski definition) is 1. The smallest absolute Gasteiger partial charge is 0.305 e. The van der Waals surface area contributed by atoms with Crippen molar-refractivity contribution in [3.63, 3.8) is 0 Å². The van der Waals surface area contributed by atoms with Crippen molar-refractivity contribution in [2.75, 3.05) is 7.11 Å². The number of aliphatic hydroxyl groups is 1. The number of ether oxygens (including phenoxy) is 1. The van der Waals surface area contributed by atoms with E-state index in [1.54, 1.807) is 0 Å². The van der Waals surface area contributed by atoms with E-state index in [1.807, 2.05) is 6.08 Å². The first kappa shape index (κ1) is 23.6. The number of ketones is 1. The minimum Gasteiger partial charge on any atom is -0.469 e. The number of aliphatic hydroxyl groups excluding tert-OH is 1. The first-order valence-electron chi connectivity index (χ1n) is 10.6. The average Bonchev–Trinajstić information content (AvgIpc) is 3.02. The topological polar surface area (TPSA) is 63.6 Å². The monoisotopic (exact) mass is 378 g/mol. The number of rotatable bonds is 13. The van der Waals surface area contributed by atoms with Gasteiger partial charge >= 0.3 is 5.97 Å². The summed E-state index contributed by atoms with van der Waals surface area (Å²) < 4.78 is 4.62. The third-order valence-electron chi connectivity index (χ3n) is 5.68. The largest absolute Gasteiger partial charge is 0.469 e. The molecule has 4 heteroatoms. The van der Waals surface area contributed by atoms with Crippen LogP contribution in [0.4, 0.5) is 0 Å². The third-order valence-corrected chi connectivity index (χ3v) is 5.68. The van der Waals surface area contributed by atoms with Crippen molar-refractivity contribution in [3.05, 3.63) is 24.3 Å².